The summed E-state index contributed by atoms with van der Waals surface area (Å²) in [6, 6.07) is 37.3. The van der Waals surface area contributed by atoms with Crippen molar-refractivity contribution in [3.8, 4) is 11.1 Å². The minimum absolute atomic E-state index is 0.0658. The molecule has 0 spiro atoms. The number of nitrogens with one attached hydrogen (secondary N) is 2. The second kappa shape index (κ2) is 13.2. The number of fused-ring (bicyclic) bond motifs is 3. The highest BCUT2D eigenvalue weighted by atomic mass is 35.5. The third kappa shape index (κ3) is 6.83. The van der Waals surface area contributed by atoms with E-state index < -0.39 is 11.8 Å². The molecule has 5 aromatic carbocycles. The van der Waals surface area contributed by atoms with Gasteiger partial charge in [0.15, 0.2) is 5.78 Å². The minimum Gasteiger partial charge on any atom is -0.321 e. The number of amides is 2. The van der Waals surface area contributed by atoms with Crippen molar-refractivity contribution in [3.63, 3.8) is 0 Å². The van der Waals surface area contributed by atoms with Gasteiger partial charge in [-0.2, -0.15) is 0 Å². The van der Waals surface area contributed by atoms with Gasteiger partial charge in [-0.3, -0.25) is 14.4 Å². The number of carbonyl (C=O) groups excluding carboxylic acids is 3. The summed E-state index contributed by atoms with van der Waals surface area (Å²) in [7, 11) is 0. The number of anilines is 1. The largest absolute Gasteiger partial charge is 0.321 e. The van der Waals surface area contributed by atoms with Crippen molar-refractivity contribution in [2.45, 2.75) is 11.3 Å². The molecule has 0 aromatic heterocycles. The zero-order chi connectivity index (χ0) is 30.5. The maximum atomic E-state index is 13.3. The third-order valence-electron chi connectivity index (χ3n) is 7.29. The van der Waals surface area contributed by atoms with E-state index in [0.29, 0.717) is 33.2 Å². The Morgan fingerprint density at radius 2 is 1.48 bits per heavy atom. The van der Waals surface area contributed by atoms with E-state index in [0.717, 1.165) is 11.3 Å². The molecular weight excluding hydrogens is 588 g/mol. The van der Waals surface area contributed by atoms with E-state index >= 15 is 0 Å². The number of ketones is 1. The van der Waals surface area contributed by atoms with Gasteiger partial charge in [0.25, 0.3) is 11.8 Å². The molecule has 2 amide bonds. The van der Waals surface area contributed by atoms with Crippen LogP contribution >= 0.6 is 23.4 Å². The van der Waals surface area contributed by atoms with Crippen molar-refractivity contribution >= 4 is 52.7 Å². The second-order valence-electron chi connectivity index (χ2n) is 10.3. The summed E-state index contributed by atoms with van der Waals surface area (Å²) >= 11 is 7.58. The fourth-order valence-electron chi connectivity index (χ4n) is 5.09. The normalized spacial score (nSPS) is 11.8. The number of carbonyl (C=O) groups is 3. The quantitative estimate of drug-likeness (QED) is 0.0976. The van der Waals surface area contributed by atoms with Crippen LogP contribution in [0.5, 0.6) is 0 Å². The first-order chi connectivity index (χ1) is 21.4. The van der Waals surface area contributed by atoms with Gasteiger partial charge < -0.3 is 10.6 Å². The molecule has 0 saturated heterocycles. The number of halogens is 1. The molecule has 7 heteroatoms. The highest BCUT2D eigenvalue weighted by Gasteiger charge is 2.20. The molecule has 5 aromatic rings. The predicted octanol–water partition coefficient (Wildman–Crippen LogP) is 8.30. The summed E-state index contributed by atoms with van der Waals surface area (Å²) in [6.45, 7) is 0. The van der Waals surface area contributed by atoms with Crippen molar-refractivity contribution < 1.29 is 14.4 Å². The van der Waals surface area contributed by atoms with E-state index in [1.807, 2.05) is 48.5 Å². The SMILES string of the molecule is O=C(Nc1ccc(SCC(=O)c2ccc3c(c2)Cc2ccccc2-3)cc1)/C(=C/c1cccc(Cl)c1)NC(=O)c1ccccc1. The zero-order valence-corrected chi connectivity index (χ0v) is 25.1. The first kappa shape index (κ1) is 29.2. The fourth-order valence-corrected chi connectivity index (χ4v) is 6.08. The average molecular weight is 615 g/mol. The Morgan fingerprint density at radius 1 is 0.727 bits per heavy atom. The molecule has 0 radical (unpaired) electrons. The van der Waals surface area contributed by atoms with Gasteiger partial charge in [0.2, 0.25) is 0 Å². The number of thioether (sulfide) groups is 1. The van der Waals surface area contributed by atoms with Crippen LogP contribution in [0.4, 0.5) is 5.69 Å². The van der Waals surface area contributed by atoms with Crippen molar-refractivity contribution in [1.82, 2.24) is 5.32 Å². The Balaban J connectivity index is 1.10. The molecule has 5 nitrogen and oxygen atoms in total. The molecule has 1 aliphatic rings. The Hall–Kier alpha value is -4.91. The van der Waals surface area contributed by atoms with Crippen LogP contribution < -0.4 is 10.6 Å². The van der Waals surface area contributed by atoms with Crippen molar-refractivity contribution in [2.24, 2.45) is 0 Å². The van der Waals surface area contributed by atoms with Crippen LogP contribution in [0.15, 0.2) is 132 Å². The smallest absolute Gasteiger partial charge is 0.272 e. The van der Waals surface area contributed by atoms with Crippen LogP contribution in [0.3, 0.4) is 0 Å². The van der Waals surface area contributed by atoms with Crippen LogP contribution in [-0.2, 0) is 11.2 Å². The van der Waals surface area contributed by atoms with Crippen molar-refractivity contribution in [2.75, 3.05) is 11.1 Å². The highest BCUT2D eigenvalue weighted by Crippen LogP contribution is 2.37. The first-order valence-electron chi connectivity index (χ1n) is 14.1. The number of hydrogen-bond acceptors (Lipinski definition) is 4. The molecule has 0 fully saturated rings. The van der Waals surface area contributed by atoms with Crippen LogP contribution in [0.2, 0.25) is 5.02 Å². The number of benzene rings is 5. The molecular formula is C37H27ClN2O3S. The molecule has 6 rings (SSSR count). The van der Waals surface area contributed by atoms with Crippen molar-refractivity contribution in [1.29, 1.82) is 0 Å². The van der Waals surface area contributed by atoms with Crippen LogP contribution in [0.1, 0.15) is 37.4 Å². The Kier molecular flexibility index (Phi) is 8.73. The summed E-state index contributed by atoms with van der Waals surface area (Å²) in [5, 5.41) is 6.09. The van der Waals surface area contributed by atoms with Gasteiger partial charge in [0.1, 0.15) is 5.70 Å². The molecule has 0 bridgehead atoms. The van der Waals surface area contributed by atoms with Gasteiger partial charge in [-0.25, -0.2) is 0 Å². The Labute approximate surface area is 265 Å². The first-order valence-corrected chi connectivity index (χ1v) is 15.4. The van der Waals surface area contributed by atoms with Gasteiger partial charge in [-0.05, 0) is 94.9 Å². The molecule has 0 heterocycles. The van der Waals surface area contributed by atoms with Gasteiger partial charge in [0.05, 0.1) is 5.75 Å². The summed E-state index contributed by atoms with van der Waals surface area (Å²) < 4.78 is 0. The molecule has 0 aliphatic heterocycles. The maximum Gasteiger partial charge on any atom is 0.272 e. The summed E-state index contributed by atoms with van der Waals surface area (Å²) in [5.41, 5.74) is 7.35. The number of Topliss-reactive ketones (excluding diaryl/α,β-unsaturated/α-hetero) is 1. The summed E-state index contributed by atoms with van der Waals surface area (Å²) in [5.74, 6) is -0.520. The standard InChI is InChI=1S/C37H27ClN2O3S/c38-29-11-6-7-24(19-29)20-34(40-36(42)25-8-2-1-3-9-25)37(43)39-30-14-16-31(17-15-30)44-23-35(41)27-13-18-33-28(22-27)21-26-10-4-5-12-32(26)33/h1-20,22H,21,23H2,(H,39,43)(H,40,42)/b34-20-. The van der Waals surface area contributed by atoms with E-state index in [2.05, 4.69) is 22.8 Å². The van der Waals surface area contributed by atoms with Crippen molar-refractivity contribution in [3.05, 3.63) is 160 Å². The topological polar surface area (TPSA) is 75.3 Å². The molecule has 0 unspecified atom stereocenters. The lowest BCUT2D eigenvalue weighted by molar-refractivity contribution is -0.113. The monoisotopic (exact) mass is 614 g/mol. The van der Waals surface area contributed by atoms with E-state index in [9.17, 15) is 14.4 Å². The van der Waals surface area contributed by atoms with Crippen LogP contribution in [-0.4, -0.2) is 23.4 Å². The maximum absolute atomic E-state index is 13.3. The van der Waals surface area contributed by atoms with Gasteiger partial charge in [0, 0.05) is 26.7 Å². The highest BCUT2D eigenvalue weighted by molar-refractivity contribution is 8.00. The molecule has 1 aliphatic carbocycles. The van der Waals surface area contributed by atoms with Gasteiger partial charge in [-0.1, -0.05) is 78.3 Å². The van der Waals surface area contributed by atoms with E-state index in [1.165, 1.54) is 34.0 Å². The summed E-state index contributed by atoms with van der Waals surface area (Å²) in [6.07, 6.45) is 2.43. The molecule has 0 atom stereocenters. The van der Waals surface area contributed by atoms with Crippen LogP contribution in [0.25, 0.3) is 17.2 Å². The van der Waals surface area contributed by atoms with E-state index in [4.69, 9.17) is 11.6 Å². The van der Waals surface area contributed by atoms with E-state index in [-0.39, 0.29) is 11.5 Å². The zero-order valence-electron chi connectivity index (χ0n) is 23.5. The molecule has 0 saturated carbocycles. The van der Waals surface area contributed by atoms with Gasteiger partial charge in [-0.15, -0.1) is 11.8 Å². The lowest BCUT2D eigenvalue weighted by atomic mass is 10.0. The Bertz CT molecular complexity index is 1900. The predicted molar refractivity (Wildman–Crippen MR) is 178 cm³/mol. The lowest BCUT2D eigenvalue weighted by Gasteiger charge is -2.12. The third-order valence-corrected chi connectivity index (χ3v) is 8.53. The minimum atomic E-state index is -0.483. The van der Waals surface area contributed by atoms with Crippen LogP contribution in [0, 0.1) is 0 Å². The number of rotatable bonds is 9. The summed E-state index contributed by atoms with van der Waals surface area (Å²) in [4.78, 5) is 40.1. The average Bonchev–Trinajstić information content (AvgIpc) is 3.42. The Morgan fingerprint density at radius 3 is 2.27 bits per heavy atom. The molecule has 2 N–H and O–H groups in total. The lowest BCUT2D eigenvalue weighted by Crippen LogP contribution is -2.30. The van der Waals surface area contributed by atoms with E-state index in [1.54, 1.807) is 66.7 Å². The van der Waals surface area contributed by atoms with Gasteiger partial charge >= 0.3 is 0 Å². The molecule has 44 heavy (non-hydrogen) atoms. The molecule has 216 valence electrons. The second-order valence-corrected chi connectivity index (χ2v) is 11.8. The fraction of sp³-hybridized carbons (Fsp3) is 0.0541. The number of hydrogen-bond donors (Lipinski definition) is 2.